The second-order valence-electron chi connectivity index (χ2n) is 4.08. The molecule has 1 unspecified atom stereocenters. The summed E-state index contributed by atoms with van der Waals surface area (Å²) in [6.07, 6.45) is 0.852. The van der Waals surface area contributed by atoms with Crippen LogP contribution in [0.4, 0.5) is 5.69 Å². The fraction of sp³-hybridized carbons (Fsp3) is 0.462. The van der Waals surface area contributed by atoms with E-state index in [1.165, 1.54) is 5.56 Å². The Kier molecular flexibility index (Phi) is 5.49. The van der Waals surface area contributed by atoms with Gasteiger partial charge in [0.2, 0.25) is 5.91 Å². The summed E-state index contributed by atoms with van der Waals surface area (Å²) >= 11 is 0. The van der Waals surface area contributed by atoms with Crippen LogP contribution >= 0.6 is 0 Å². The lowest BCUT2D eigenvalue weighted by Gasteiger charge is -2.14. The molecule has 17 heavy (non-hydrogen) atoms. The molecule has 1 rings (SSSR count). The second-order valence-corrected chi connectivity index (χ2v) is 4.08. The summed E-state index contributed by atoms with van der Waals surface area (Å²) in [7, 11) is 1.69. The first kappa shape index (κ1) is 13.5. The second kappa shape index (κ2) is 6.91. The monoisotopic (exact) mass is 236 g/mol. The van der Waals surface area contributed by atoms with Gasteiger partial charge in [-0.1, -0.05) is 25.1 Å². The topological polar surface area (TPSA) is 64.3 Å². The lowest BCUT2D eigenvalue weighted by molar-refractivity contribution is -0.120. The lowest BCUT2D eigenvalue weighted by Crippen LogP contribution is -2.27. The maximum atomic E-state index is 10.9. The van der Waals surface area contributed by atoms with Gasteiger partial charge in [-0.15, -0.1) is 0 Å². The van der Waals surface area contributed by atoms with Gasteiger partial charge < -0.3 is 15.8 Å². The predicted molar refractivity (Wildman–Crippen MR) is 68.9 cm³/mol. The van der Waals surface area contributed by atoms with E-state index in [2.05, 4.69) is 11.4 Å². The van der Waals surface area contributed by atoms with Gasteiger partial charge >= 0.3 is 0 Å². The van der Waals surface area contributed by atoms with Crippen molar-refractivity contribution in [2.45, 2.75) is 13.3 Å². The molecule has 1 atom stereocenters. The van der Waals surface area contributed by atoms with Crippen LogP contribution in [0.25, 0.3) is 0 Å². The minimum absolute atomic E-state index is 0.175. The van der Waals surface area contributed by atoms with E-state index in [4.69, 9.17) is 10.5 Å². The average molecular weight is 236 g/mol. The van der Waals surface area contributed by atoms with Gasteiger partial charge in [0.15, 0.2) is 0 Å². The molecule has 4 nitrogen and oxygen atoms in total. The largest absolute Gasteiger partial charge is 0.384 e. The van der Waals surface area contributed by atoms with Crippen molar-refractivity contribution in [3.05, 3.63) is 29.8 Å². The maximum Gasteiger partial charge on any atom is 0.222 e. The van der Waals surface area contributed by atoms with Crippen molar-refractivity contribution in [3.63, 3.8) is 0 Å². The molecule has 0 aliphatic carbocycles. The van der Waals surface area contributed by atoms with Gasteiger partial charge in [-0.25, -0.2) is 0 Å². The van der Waals surface area contributed by atoms with Crippen molar-refractivity contribution in [1.82, 2.24) is 0 Å². The number of primary amides is 1. The number of amides is 1. The molecule has 1 amide bonds. The number of methoxy groups -OCH3 is 1. The Bertz CT molecular complexity index is 366. The SMILES string of the molecule is COCCc1ccccc1NCC(C)C(N)=O. The minimum Gasteiger partial charge on any atom is -0.384 e. The zero-order chi connectivity index (χ0) is 12.7. The molecule has 0 heterocycles. The Labute approximate surface area is 102 Å². The number of carbonyl (C=O) groups is 1. The molecule has 0 radical (unpaired) electrons. The molecular formula is C13H20N2O2. The molecule has 94 valence electrons. The van der Waals surface area contributed by atoms with Gasteiger partial charge in [-0.3, -0.25) is 4.79 Å². The highest BCUT2D eigenvalue weighted by atomic mass is 16.5. The van der Waals surface area contributed by atoms with Crippen LogP contribution in [0.2, 0.25) is 0 Å². The Morgan fingerprint density at radius 2 is 2.18 bits per heavy atom. The number of benzene rings is 1. The van der Waals surface area contributed by atoms with Crippen LogP contribution in [0, 0.1) is 5.92 Å². The Balaban J connectivity index is 2.60. The maximum absolute atomic E-state index is 10.9. The highest BCUT2D eigenvalue weighted by Crippen LogP contribution is 2.16. The number of hydrogen-bond acceptors (Lipinski definition) is 3. The molecule has 3 N–H and O–H groups in total. The van der Waals surface area contributed by atoms with E-state index in [1.807, 2.05) is 25.1 Å². The summed E-state index contributed by atoms with van der Waals surface area (Å²) in [6, 6.07) is 8.01. The van der Waals surface area contributed by atoms with Crippen LogP contribution in [0.3, 0.4) is 0 Å². The zero-order valence-electron chi connectivity index (χ0n) is 10.4. The van der Waals surface area contributed by atoms with Gasteiger partial charge in [-0.2, -0.15) is 0 Å². The number of hydrogen-bond donors (Lipinski definition) is 2. The summed E-state index contributed by atoms with van der Waals surface area (Å²) in [5, 5.41) is 3.25. The van der Waals surface area contributed by atoms with Crippen molar-refractivity contribution < 1.29 is 9.53 Å². The minimum atomic E-state index is -0.285. The van der Waals surface area contributed by atoms with Crippen LogP contribution in [0.15, 0.2) is 24.3 Å². The number of rotatable bonds is 7. The molecule has 1 aromatic rings. The third-order valence-electron chi connectivity index (χ3n) is 2.68. The zero-order valence-corrected chi connectivity index (χ0v) is 10.4. The molecule has 4 heteroatoms. The first-order valence-electron chi connectivity index (χ1n) is 5.75. The number of nitrogens with two attached hydrogens (primary N) is 1. The summed E-state index contributed by atoms with van der Waals surface area (Å²) < 4.78 is 5.06. The molecule has 0 aliphatic rings. The number of carbonyl (C=O) groups excluding carboxylic acids is 1. The molecule has 0 saturated heterocycles. The normalized spacial score (nSPS) is 12.1. The van der Waals surface area contributed by atoms with E-state index < -0.39 is 0 Å². The van der Waals surface area contributed by atoms with Crippen LogP contribution in [-0.2, 0) is 16.0 Å². The summed E-state index contributed by atoms with van der Waals surface area (Å²) in [4.78, 5) is 10.9. The first-order valence-corrected chi connectivity index (χ1v) is 5.75. The number of anilines is 1. The van der Waals surface area contributed by atoms with Crippen LogP contribution < -0.4 is 11.1 Å². The van der Waals surface area contributed by atoms with Gasteiger partial charge in [0.05, 0.1) is 12.5 Å². The van der Waals surface area contributed by atoms with Crippen LogP contribution in [-0.4, -0.2) is 26.2 Å². The summed E-state index contributed by atoms with van der Waals surface area (Å²) in [5.41, 5.74) is 7.45. The highest BCUT2D eigenvalue weighted by Gasteiger charge is 2.09. The first-order chi connectivity index (χ1) is 8.15. The molecule has 0 bridgehead atoms. The molecule has 0 fully saturated rings. The average Bonchev–Trinajstić information content (AvgIpc) is 2.34. The molecule has 0 aliphatic heterocycles. The highest BCUT2D eigenvalue weighted by molar-refractivity contribution is 5.76. The van der Waals surface area contributed by atoms with Crippen LogP contribution in [0.1, 0.15) is 12.5 Å². The van der Waals surface area contributed by atoms with Gasteiger partial charge in [0, 0.05) is 19.3 Å². The molecule has 0 aromatic heterocycles. The van der Waals surface area contributed by atoms with Crippen molar-refractivity contribution >= 4 is 11.6 Å². The van der Waals surface area contributed by atoms with Crippen molar-refractivity contribution in [1.29, 1.82) is 0 Å². The van der Waals surface area contributed by atoms with E-state index in [1.54, 1.807) is 7.11 Å². The smallest absolute Gasteiger partial charge is 0.222 e. The summed E-state index contributed by atoms with van der Waals surface area (Å²) in [6.45, 7) is 3.05. The van der Waals surface area contributed by atoms with Crippen molar-refractivity contribution in [3.8, 4) is 0 Å². The van der Waals surface area contributed by atoms with E-state index >= 15 is 0 Å². The Hall–Kier alpha value is -1.55. The van der Waals surface area contributed by atoms with E-state index in [9.17, 15) is 4.79 Å². The number of ether oxygens (including phenoxy) is 1. The third-order valence-corrected chi connectivity index (χ3v) is 2.68. The van der Waals surface area contributed by atoms with Gasteiger partial charge in [0.25, 0.3) is 0 Å². The van der Waals surface area contributed by atoms with E-state index in [0.29, 0.717) is 13.2 Å². The Morgan fingerprint density at radius 3 is 2.82 bits per heavy atom. The fourth-order valence-corrected chi connectivity index (χ4v) is 1.49. The summed E-state index contributed by atoms with van der Waals surface area (Å²) in [5.74, 6) is -0.461. The van der Waals surface area contributed by atoms with E-state index in [0.717, 1.165) is 12.1 Å². The molecule has 0 saturated carbocycles. The standard InChI is InChI=1S/C13H20N2O2/c1-10(13(14)16)9-15-12-6-4-3-5-11(12)7-8-17-2/h3-6,10,15H,7-9H2,1-2H3,(H2,14,16). The fourth-order valence-electron chi connectivity index (χ4n) is 1.49. The lowest BCUT2D eigenvalue weighted by atomic mass is 10.1. The molecule has 0 spiro atoms. The van der Waals surface area contributed by atoms with Gasteiger partial charge in [0.1, 0.15) is 0 Å². The Morgan fingerprint density at radius 1 is 1.47 bits per heavy atom. The third kappa shape index (κ3) is 4.44. The van der Waals surface area contributed by atoms with Crippen molar-refractivity contribution in [2.24, 2.45) is 11.7 Å². The number of para-hydroxylation sites is 1. The molecular weight excluding hydrogens is 216 g/mol. The van der Waals surface area contributed by atoms with Crippen molar-refractivity contribution in [2.75, 3.05) is 25.6 Å². The quantitative estimate of drug-likeness (QED) is 0.752. The van der Waals surface area contributed by atoms with E-state index in [-0.39, 0.29) is 11.8 Å². The predicted octanol–water partition coefficient (Wildman–Crippen LogP) is 1.41. The van der Waals surface area contributed by atoms with Crippen LogP contribution in [0.5, 0.6) is 0 Å². The van der Waals surface area contributed by atoms with Gasteiger partial charge in [-0.05, 0) is 18.1 Å². The molecule has 1 aromatic carbocycles. The number of nitrogens with one attached hydrogen (secondary N) is 1.